The smallest absolute Gasteiger partial charge is 0.496 e. The van der Waals surface area contributed by atoms with Crippen LogP contribution in [0.4, 0.5) is 13.2 Å². The third kappa shape index (κ3) is 6.11. The predicted octanol–water partition coefficient (Wildman–Crippen LogP) is 2.29. The van der Waals surface area contributed by atoms with Crippen LogP contribution >= 0.6 is 24.0 Å². The third-order valence-electron chi connectivity index (χ3n) is 4.29. The number of sulfonamides is 1. The lowest BCUT2D eigenvalue weighted by molar-refractivity contribution is -0.0494. The Morgan fingerprint density at radius 2 is 1.89 bits per heavy atom. The largest absolute Gasteiger partial charge is 0.511 e. The number of nitrogens with zero attached hydrogens (tertiary/aromatic N) is 2. The summed E-state index contributed by atoms with van der Waals surface area (Å²) < 4.78 is 66.5. The van der Waals surface area contributed by atoms with Crippen LogP contribution in [0.15, 0.2) is 29.3 Å². The Labute approximate surface area is 179 Å². The fourth-order valence-corrected chi connectivity index (χ4v) is 3.79. The first-order valence-electron chi connectivity index (χ1n) is 8.34. The molecule has 0 amide bonds. The van der Waals surface area contributed by atoms with Gasteiger partial charge in [-0.05, 0) is 18.9 Å². The number of halogens is 4. The number of methoxy groups -OCH3 is 1. The fraction of sp³-hybridized carbons (Fsp3) is 0.562. The number of piperidine rings is 1. The molecular weight excluding hydrogens is 512 g/mol. The molecule has 0 radical (unpaired) electrons. The van der Waals surface area contributed by atoms with E-state index in [2.05, 4.69) is 15.6 Å². The van der Waals surface area contributed by atoms with Crippen molar-refractivity contribution in [3.8, 4) is 5.75 Å². The molecule has 0 saturated carbocycles. The van der Waals surface area contributed by atoms with E-state index >= 15 is 0 Å². The maximum Gasteiger partial charge on any atom is 0.511 e. The highest BCUT2D eigenvalue weighted by molar-refractivity contribution is 14.0. The number of hydrogen-bond donors (Lipinski definition) is 2. The molecule has 0 atom stereocenters. The second-order valence-corrected chi connectivity index (χ2v) is 7.94. The molecule has 1 saturated heterocycles. The summed E-state index contributed by atoms with van der Waals surface area (Å²) in [5.74, 6) is 1.21. The number of hydrogen-bond acceptors (Lipinski definition) is 4. The molecule has 0 bridgehead atoms. The SMILES string of the molecule is CN=C(NCc1ccccc1OC)NC1CCN(S(=O)(=O)C(F)(F)F)CC1.I. The summed E-state index contributed by atoms with van der Waals surface area (Å²) in [6, 6.07) is 7.31. The number of alkyl halides is 3. The second-order valence-electron chi connectivity index (χ2n) is 6.01. The topological polar surface area (TPSA) is 83.0 Å². The van der Waals surface area contributed by atoms with Gasteiger partial charge in [-0.15, -0.1) is 24.0 Å². The van der Waals surface area contributed by atoms with Crippen LogP contribution in [0.25, 0.3) is 0 Å². The summed E-state index contributed by atoms with van der Waals surface area (Å²) in [6.45, 7) is 0.0665. The molecule has 2 N–H and O–H groups in total. The van der Waals surface area contributed by atoms with Gasteiger partial charge < -0.3 is 15.4 Å². The van der Waals surface area contributed by atoms with Crippen molar-refractivity contribution in [1.29, 1.82) is 0 Å². The van der Waals surface area contributed by atoms with Crippen LogP contribution in [0.1, 0.15) is 18.4 Å². The summed E-state index contributed by atoms with van der Waals surface area (Å²) >= 11 is 0. The van der Waals surface area contributed by atoms with Crippen molar-refractivity contribution < 1.29 is 26.3 Å². The van der Waals surface area contributed by atoms with Crippen LogP contribution in [0.2, 0.25) is 0 Å². The molecule has 1 aromatic rings. The average molecular weight is 536 g/mol. The van der Waals surface area contributed by atoms with Crippen molar-refractivity contribution >= 4 is 40.0 Å². The first-order chi connectivity index (χ1) is 12.7. The average Bonchev–Trinajstić information content (AvgIpc) is 2.64. The zero-order valence-electron chi connectivity index (χ0n) is 15.5. The molecule has 12 heteroatoms. The van der Waals surface area contributed by atoms with E-state index in [1.165, 1.54) is 0 Å². The van der Waals surface area contributed by atoms with E-state index in [1.54, 1.807) is 14.2 Å². The lowest BCUT2D eigenvalue weighted by Gasteiger charge is -2.32. The molecule has 0 aliphatic carbocycles. The van der Waals surface area contributed by atoms with E-state index in [4.69, 9.17) is 4.74 Å². The highest BCUT2D eigenvalue weighted by Gasteiger charge is 2.50. The molecule has 7 nitrogen and oxygen atoms in total. The molecule has 0 spiro atoms. The number of ether oxygens (including phenoxy) is 1. The summed E-state index contributed by atoms with van der Waals surface area (Å²) in [7, 11) is -2.10. The highest BCUT2D eigenvalue weighted by atomic mass is 127. The number of rotatable bonds is 5. The molecule has 28 heavy (non-hydrogen) atoms. The van der Waals surface area contributed by atoms with Crippen LogP contribution in [-0.2, 0) is 16.6 Å². The highest BCUT2D eigenvalue weighted by Crippen LogP contribution is 2.28. The minimum atomic E-state index is -5.27. The normalized spacial score (nSPS) is 17.0. The van der Waals surface area contributed by atoms with Crippen LogP contribution in [0.3, 0.4) is 0 Å². The monoisotopic (exact) mass is 536 g/mol. The van der Waals surface area contributed by atoms with Gasteiger partial charge in [0.25, 0.3) is 0 Å². The fourth-order valence-electron chi connectivity index (χ4n) is 2.80. The van der Waals surface area contributed by atoms with Gasteiger partial charge >= 0.3 is 15.5 Å². The first kappa shape index (κ1) is 24.8. The van der Waals surface area contributed by atoms with Gasteiger partial charge in [-0.2, -0.15) is 17.5 Å². The van der Waals surface area contributed by atoms with Crippen molar-refractivity contribution in [3.63, 3.8) is 0 Å². The van der Waals surface area contributed by atoms with Crippen molar-refractivity contribution in [2.24, 2.45) is 4.99 Å². The van der Waals surface area contributed by atoms with Gasteiger partial charge in [0, 0.05) is 38.3 Å². The molecule has 1 aliphatic rings. The van der Waals surface area contributed by atoms with Crippen molar-refractivity contribution in [1.82, 2.24) is 14.9 Å². The number of para-hydroxylation sites is 1. The molecular formula is C16H24F3IN4O3S. The van der Waals surface area contributed by atoms with E-state index in [9.17, 15) is 21.6 Å². The van der Waals surface area contributed by atoms with E-state index in [-0.39, 0.29) is 55.9 Å². The summed E-state index contributed by atoms with van der Waals surface area (Å²) in [5.41, 5.74) is -4.34. The van der Waals surface area contributed by atoms with Crippen LogP contribution in [0, 0.1) is 0 Å². The zero-order valence-corrected chi connectivity index (χ0v) is 18.6. The Morgan fingerprint density at radius 1 is 1.29 bits per heavy atom. The Bertz CT molecular complexity index is 767. The third-order valence-corrected chi connectivity index (χ3v) is 5.92. The van der Waals surface area contributed by atoms with E-state index in [0.29, 0.717) is 16.8 Å². The standard InChI is InChI=1S/C16H23F3N4O3S.HI/c1-20-15(21-11-12-5-3-4-6-14(12)26-2)22-13-7-9-23(10-8-13)27(24,25)16(17,18)19;/h3-6,13H,7-11H2,1-2H3,(H2,20,21,22);1H. The minimum absolute atomic E-state index is 0. The summed E-state index contributed by atoms with van der Waals surface area (Å²) in [4.78, 5) is 4.10. The van der Waals surface area contributed by atoms with Gasteiger partial charge in [0.15, 0.2) is 5.96 Å². The Balaban J connectivity index is 0.00000392. The molecule has 2 rings (SSSR count). The summed E-state index contributed by atoms with van der Waals surface area (Å²) in [5, 5.41) is 6.24. The van der Waals surface area contributed by atoms with Crippen molar-refractivity contribution in [2.75, 3.05) is 27.2 Å². The van der Waals surface area contributed by atoms with E-state index < -0.39 is 15.5 Å². The molecule has 1 fully saturated rings. The summed E-state index contributed by atoms with van der Waals surface area (Å²) in [6.07, 6.45) is 0.509. The molecule has 1 aromatic carbocycles. The van der Waals surface area contributed by atoms with E-state index in [0.717, 1.165) is 11.3 Å². The minimum Gasteiger partial charge on any atom is -0.496 e. The Hall–Kier alpha value is -1.28. The predicted molar refractivity (Wildman–Crippen MR) is 111 cm³/mol. The van der Waals surface area contributed by atoms with Gasteiger partial charge in [-0.25, -0.2) is 8.42 Å². The molecule has 160 valence electrons. The lowest BCUT2D eigenvalue weighted by atomic mass is 10.1. The second kappa shape index (κ2) is 10.5. The maximum atomic E-state index is 12.6. The van der Waals surface area contributed by atoms with Gasteiger partial charge in [0.05, 0.1) is 7.11 Å². The maximum absolute atomic E-state index is 12.6. The van der Waals surface area contributed by atoms with Crippen LogP contribution in [-0.4, -0.2) is 57.5 Å². The number of benzene rings is 1. The zero-order chi connectivity index (χ0) is 20.1. The van der Waals surface area contributed by atoms with Crippen molar-refractivity contribution in [3.05, 3.63) is 29.8 Å². The van der Waals surface area contributed by atoms with Gasteiger partial charge in [0.2, 0.25) is 0 Å². The number of guanidine groups is 1. The van der Waals surface area contributed by atoms with Crippen LogP contribution < -0.4 is 15.4 Å². The van der Waals surface area contributed by atoms with Gasteiger partial charge in [0.1, 0.15) is 5.75 Å². The van der Waals surface area contributed by atoms with Crippen LogP contribution in [0.5, 0.6) is 5.75 Å². The number of aliphatic imine (C=N–C) groups is 1. The first-order valence-corrected chi connectivity index (χ1v) is 9.78. The molecule has 0 unspecified atom stereocenters. The quantitative estimate of drug-likeness (QED) is 0.343. The Morgan fingerprint density at radius 3 is 2.43 bits per heavy atom. The molecule has 1 aliphatic heterocycles. The van der Waals surface area contributed by atoms with Crippen molar-refractivity contribution in [2.45, 2.75) is 30.9 Å². The molecule has 0 aromatic heterocycles. The lowest BCUT2D eigenvalue weighted by Crippen LogP contribution is -2.51. The Kier molecular flexibility index (Phi) is 9.27. The molecule has 1 heterocycles. The van der Waals surface area contributed by atoms with Gasteiger partial charge in [-0.3, -0.25) is 4.99 Å². The van der Waals surface area contributed by atoms with Gasteiger partial charge in [-0.1, -0.05) is 18.2 Å². The van der Waals surface area contributed by atoms with E-state index in [1.807, 2.05) is 24.3 Å². The number of nitrogens with one attached hydrogen (secondary N) is 2.